The maximum absolute atomic E-state index is 9.47. The standard InChI is InChI=1S/C39H23N3S/c40-24-32-19-18-31(20-36(32)25-41)28-12-16-30(17-13-28)34-21-33(29-14-10-27(11-15-29)26-6-2-1-3-7-26)22-35(23-34)39-42-37-8-4-5-9-38(37)43-39/h1-23H. The van der Waals surface area contributed by atoms with Crippen molar-refractivity contribution in [1.29, 1.82) is 10.5 Å². The average Bonchev–Trinajstić information content (AvgIpc) is 3.53. The van der Waals surface area contributed by atoms with Crippen molar-refractivity contribution >= 4 is 21.6 Å². The van der Waals surface area contributed by atoms with Crippen molar-refractivity contribution in [1.82, 2.24) is 4.98 Å². The Kier molecular flexibility index (Phi) is 6.82. The van der Waals surface area contributed by atoms with E-state index in [4.69, 9.17) is 4.98 Å². The first-order valence-electron chi connectivity index (χ1n) is 13.9. The van der Waals surface area contributed by atoms with Gasteiger partial charge >= 0.3 is 0 Å². The van der Waals surface area contributed by atoms with Crippen LogP contribution in [0, 0.1) is 22.7 Å². The van der Waals surface area contributed by atoms with Crippen LogP contribution in [0.25, 0.3) is 65.3 Å². The Bertz CT molecular complexity index is 2150. The number of benzene rings is 6. The first-order chi connectivity index (χ1) is 21.2. The Morgan fingerprint density at radius 2 is 0.907 bits per heavy atom. The highest BCUT2D eigenvalue weighted by molar-refractivity contribution is 7.21. The summed E-state index contributed by atoms with van der Waals surface area (Å²) in [6, 6.07) is 52.0. The van der Waals surface area contributed by atoms with Crippen LogP contribution in [0.3, 0.4) is 0 Å². The Morgan fingerprint density at radius 3 is 1.51 bits per heavy atom. The van der Waals surface area contributed by atoms with E-state index in [0.717, 1.165) is 49.5 Å². The predicted octanol–water partition coefficient (Wildman–Crippen LogP) is 10.4. The lowest BCUT2D eigenvalue weighted by Crippen LogP contribution is -1.88. The first kappa shape index (κ1) is 26.1. The molecule has 1 aromatic heterocycles. The number of hydrogen-bond donors (Lipinski definition) is 0. The van der Waals surface area contributed by atoms with Crippen molar-refractivity contribution in [3.05, 3.63) is 151 Å². The minimum atomic E-state index is 0.385. The molecule has 7 aromatic rings. The van der Waals surface area contributed by atoms with Crippen molar-refractivity contribution in [2.24, 2.45) is 0 Å². The van der Waals surface area contributed by atoms with Gasteiger partial charge in [-0.3, -0.25) is 0 Å². The number of aromatic nitrogens is 1. The van der Waals surface area contributed by atoms with E-state index >= 15 is 0 Å². The smallest absolute Gasteiger partial charge is 0.124 e. The van der Waals surface area contributed by atoms with Gasteiger partial charge in [-0.15, -0.1) is 11.3 Å². The van der Waals surface area contributed by atoms with Crippen LogP contribution >= 0.6 is 11.3 Å². The lowest BCUT2D eigenvalue weighted by atomic mass is 9.93. The summed E-state index contributed by atoms with van der Waals surface area (Å²) >= 11 is 1.70. The van der Waals surface area contributed by atoms with Crippen LogP contribution < -0.4 is 0 Å². The van der Waals surface area contributed by atoms with Gasteiger partial charge in [0, 0.05) is 5.56 Å². The number of para-hydroxylation sites is 1. The second-order valence-electron chi connectivity index (χ2n) is 10.3. The quantitative estimate of drug-likeness (QED) is 0.209. The van der Waals surface area contributed by atoms with Gasteiger partial charge in [0.1, 0.15) is 17.1 Å². The van der Waals surface area contributed by atoms with Crippen molar-refractivity contribution in [2.45, 2.75) is 0 Å². The Hall–Kier alpha value is -5.81. The van der Waals surface area contributed by atoms with Crippen molar-refractivity contribution in [3.63, 3.8) is 0 Å². The van der Waals surface area contributed by atoms with Gasteiger partial charge in [0.25, 0.3) is 0 Å². The molecule has 0 fully saturated rings. The molecule has 0 atom stereocenters. The van der Waals surface area contributed by atoms with Crippen LogP contribution in [0.2, 0.25) is 0 Å². The molecule has 6 aromatic carbocycles. The van der Waals surface area contributed by atoms with Crippen LogP contribution in [-0.2, 0) is 0 Å². The van der Waals surface area contributed by atoms with E-state index in [-0.39, 0.29) is 0 Å². The van der Waals surface area contributed by atoms with E-state index in [0.29, 0.717) is 11.1 Å². The molecule has 3 nitrogen and oxygen atoms in total. The zero-order valence-electron chi connectivity index (χ0n) is 23.0. The molecule has 200 valence electrons. The molecule has 0 aliphatic carbocycles. The highest BCUT2D eigenvalue weighted by Crippen LogP contribution is 2.37. The lowest BCUT2D eigenvalue weighted by Gasteiger charge is -2.11. The Morgan fingerprint density at radius 1 is 0.419 bits per heavy atom. The molecule has 0 radical (unpaired) electrons. The van der Waals surface area contributed by atoms with E-state index in [9.17, 15) is 10.5 Å². The predicted molar refractivity (Wildman–Crippen MR) is 176 cm³/mol. The van der Waals surface area contributed by atoms with E-state index < -0.39 is 0 Å². The zero-order chi connectivity index (χ0) is 29.2. The molecule has 0 spiro atoms. The monoisotopic (exact) mass is 565 g/mol. The van der Waals surface area contributed by atoms with Gasteiger partial charge in [-0.2, -0.15) is 10.5 Å². The summed E-state index contributed by atoms with van der Waals surface area (Å²) in [7, 11) is 0. The third kappa shape index (κ3) is 5.20. The second kappa shape index (κ2) is 11.2. The van der Waals surface area contributed by atoms with Gasteiger partial charge in [-0.05, 0) is 87.0 Å². The summed E-state index contributed by atoms with van der Waals surface area (Å²) in [4.78, 5) is 4.96. The first-order valence-corrected chi connectivity index (χ1v) is 14.7. The van der Waals surface area contributed by atoms with E-state index in [1.807, 2.05) is 18.2 Å². The molecule has 0 saturated heterocycles. The maximum atomic E-state index is 9.47. The van der Waals surface area contributed by atoms with Gasteiger partial charge in [0.2, 0.25) is 0 Å². The van der Waals surface area contributed by atoms with Gasteiger partial charge < -0.3 is 0 Å². The SMILES string of the molecule is N#Cc1ccc(-c2ccc(-c3cc(-c4ccc(-c5ccccc5)cc4)cc(-c4nc5ccccc5s4)c3)cc2)cc1C#N. The average molecular weight is 566 g/mol. The summed E-state index contributed by atoms with van der Waals surface area (Å²) in [5.41, 5.74) is 11.6. The third-order valence-corrected chi connectivity index (χ3v) is 8.70. The number of fused-ring (bicyclic) bond motifs is 1. The molecule has 0 N–H and O–H groups in total. The molecule has 4 heteroatoms. The van der Waals surface area contributed by atoms with Crippen molar-refractivity contribution < 1.29 is 0 Å². The van der Waals surface area contributed by atoms with Crippen molar-refractivity contribution in [2.75, 3.05) is 0 Å². The normalized spacial score (nSPS) is 10.7. The van der Waals surface area contributed by atoms with E-state index in [2.05, 4.69) is 121 Å². The molecular formula is C39H23N3S. The molecular weight excluding hydrogens is 543 g/mol. The number of thiazole rings is 1. The lowest BCUT2D eigenvalue weighted by molar-refractivity contribution is 1.43. The third-order valence-electron chi connectivity index (χ3n) is 7.61. The summed E-state index contributed by atoms with van der Waals surface area (Å²) in [6.07, 6.45) is 0. The maximum Gasteiger partial charge on any atom is 0.124 e. The molecule has 1 heterocycles. The summed E-state index contributed by atoms with van der Waals surface area (Å²) in [5, 5.41) is 19.7. The Labute approximate surface area is 254 Å². The van der Waals surface area contributed by atoms with Crippen LogP contribution in [0.5, 0.6) is 0 Å². The topological polar surface area (TPSA) is 60.5 Å². The molecule has 0 bridgehead atoms. The van der Waals surface area contributed by atoms with Gasteiger partial charge in [-0.25, -0.2) is 4.98 Å². The van der Waals surface area contributed by atoms with Gasteiger partial charge in [0.05, 0.1) is 21.3 Å². The van der Waals surface area contributed by atoms with Crippen LogP contribution in [0.15, 0.2) is 140 Å². The molecule has 0 unspecified atom stereocenters. The summed E-state index contributed by atoms with van der Waals surface area (Å²) in [5.74, 6) is 0. The fourth-order valence-corrected chi connectivity index (χ4v) is 6.29. The highest BCUT2D eigenvalue weighted by Gasteiger charge is 2.12. The number of rotatable bonds is 5. The summed E-state index contributed by atoms with van der Waals surface area (Å²) < 4.78 is 1.17. The molecule has 0 amide bonds. The molecule has 0 saturated carbocycles. The zero-order valence-corrected chi connectivity index (χ0v) is 23.8. The molecule has 7 rings (SSSR count). The molecule has 43 heavy (non-hydrogen) atoms. The Balaban J connectivity index is 1.30. The van der Waals surface area contributed by atoms with E-state index in [1.54, 1.807) is 23.5 Å². The van der Waals surface area contributed by atoms with Crippen LogP contribution in [0.4, 0.5) is 0 Å². The number of nitriles is 2. The molecule has 0 aliphatic rings. The largest absolute Gasteiger partial charge is 0.236 e. The fourth-order valence-electron chi connectivity index (χ4n) is 5.33. The minimum Gasteiger partial charge on any atom is -0.236 e. The highest BCUT2D eigenvalue weighted by atomic mass is 32.1. The summed E-state index contributed by atoms with van der Waals surface area (Å²) in [6.45, 7) is 0. The van der Waals surface area contributed by atoms with Crippen molar-refractivity contribution in [3.8, 4) is 67.2 Å². The van der Waals surface area contributed by atoms with Crippen LogP contribution in [-0.4, -0.2) is 4.98 Å². The van der Waals surface area contributed by atoms with Gasteiger partial charge in [-0.1, -0.05) is 97.1 Å². The number of nitrogens with zero attached hydrogens (tertiary/aromatic N) is 3. The van der Waals surface area contributed by atoms with Crippen LogP contribution in [0.1, 0.15) is 11.1 Å². The number of hydrogen-bond acceptors (Lipinski definition) is 4. The fraction of sp³-hybridized carbons (Fsp3) is 0. The second-order valence-corrected chi connectivity index (χ2v) is 11.3. The molecule has 0 aliphatic heterocycles. The van der Waals surface area contributed by atoms with Gasteiger partial charge in [0.15, 0.2) is 0 Å². The minimum absolute atomic E-state index is 0.385. The van der Waals surface area contributed by atoms with E-state index in [1.165, 1.54) is 15.8 Å².